The molecule has 1 aromatic heterocycles. The minimum absolute atomic E-state index is 0.00641. The molecule has 0 aliphatic heterocycles. The van der Waals surface area contributed by atoms with Crippen LogP contribution in [0.5, 0.6) is 0 Å². The molecule has 0 spiro atoms. The Kier molecular flexibility index (Phi) is 4.82. The Morgan fingerprint density at radius 2 is 2.00 bits per heavy atom. The van der Waals surface area contributed by atoms with E-state index in [1.54, 1.807) is 12.1 Å². The standard InChI is InChI=1S/C17H17FN4OS/c1-11(12-6-8-13(18)9-7-12)22(2)10-16(23)19-14-4-3-5-15-17(14)21-24-20-15/h3-9,11H,10H2,1-2H3,(H,19,23). The molecule has 0 aliphatic carbocycles. The van der Waals surface area contributed by atoms with E-state index < -0.39 is 0 Å². The van der Waals surface area contributed by atoms with Crippen molar-refractivity contribution < 1.29 is 9.18 Å². The molecular formula is C17H17FN4OS. The van der Waals surface area contributed by atoms with E-state index in [0.717, 1.165) is 22.8 Å². The molecule has 24 heavy (non-hydrogen) atoms. The van der Waals surface area contributed by atoms with Crippen LogP contribution in [0.2, 0.25) is 0 Å². The zero-order valence-electron chi connectivity index (χ0n) is 13.4. The van der Waals surface area contributed by atoms with Crippen molar-refractivity contribution in [3.8, 4) is 0 Å². The van der Waals surface area contributed by atoms with Crippen LogP contribution in [-0.4, -0.2) is 33.1 Å². The fraction of sp³-hybridized carbons (Fsp3) is 0.235. The van der Waals surface area contributed by atoms with Crippen LogP contribution in [0.3, 0.4) is 0 Å². The number of hydrogen-bond acceptors (Lipinski definition) is 5. The minimum atomic E-state index is -0.267. The van der Waals surface area contributed by atoms with E-state index in [1.807, 2.05) is 37.1 Å². The topological polar surface area (TPSA) is 58.1 Å². The molecule has 3 aromatic rings. The first-order valence-electron chi connectivity index (χ1n) is 7.51. The maximum atomic E-state index is 13.0. The quantitative estimate of drug-likeness (QED) is 0.770. The molecule has 124 valence electrons. The molecule has 0 saturated carbocycles. The highest BCUT2D eigenvalue weighted by Gasteiger charge is 2.16. The summed E-state index contributed by atoms with van der Waals surface area (Å²) in [6, 6.07) is 11.8. The zero-order chi connectivity index (χ0) is 17.1. The van der Waals surface area contributed by atoms with E-state index in [9.17, 15) is 9.18 Å². The monoisotopic (exact) mass is 344 g/mol. The van der Waals surface area contributed by atoms with Crippen molar-refractivity contribution in [2.24, 2.45) is 0 Å². The number of hydrogen-bond donors (Lipinski definition) is 1. The third-order valence-corrected chi connectivity index (χ3v) is 4.51. The number of likely N-dealkylation sites (N-methyl/N-ethyl adjacent to an activating group) is 1. The Hall–Kier alpha value is -2.38. The number of anilines is 1. The number of aromatic nitrogens is 2. The first-order chi connectivity index (χ1) is 11.5. The van der Waals surface area contributed by atoms with Crippen LogP contribution in [0.1, 0.15) is 18.5 Å². The summed E-state index contributed by atoms with van der Waals surface area (Å²) < 4.78 is 21.4. The van der Waals surface area contributed by atoms with Gasteiger partial charge in [-0.25, -0.2) is 4.39 Å². The summed E-state index contributed by atoms with van der Waals surface area (Å²) in [6.07, 6.45) is 0. The van der Waals surface area contributed by atoms with Crippen molar-refractivity contribution in [3.05, 3.63) is 53.8 Å². The lowest BCUT2D eigenvalue weighted by atomic mass is 10.1. The lowest BCUT2D eigenvalue weighted by Gasteiger charge is -2.24. The molecule has 2 aromatic carbocycles. The summed E-state index contributed by atoms with van der Waals surface area (Å²) in [6.45, 7) is 2.19. The largest absolute Gasteiger partial charge is 0.323 e. The molecule has 0 bridgehead atoms. The van der Waals surface area contributed by atoms with Crippen LogP contribution >= 0.6 is 11.7 Å². The Morgan fingerprint density at radius 3 is 2.75 bits per heavy atom. The zero-order valence-corrected chi connectivity index (χ0v) is 14.2. The molecule has 7 heteroatoms. The predicted molar refractivity (Wildman–Crippen MR) is 93.5 cm³/mol. The van der Waals surface area contributed by atoms with Gasteiger partial charge in [0.25, 0.3) is 0 Å². The van der Waals surface area contributed by atoms with Crippen LogP contribution in [0.15, 0.2) is 42.5 Å². The number of carbonyl (C=O) groups excluding carboxylic acids is 1. The van der Waals surface area contributed by atoms with Crippen molar-refractivity contribution in [1.82, 2.24) is 13.6 Å². The van der Waals surface area contributed by atoms with E-state index in [4.69, 9.17) is 0 Å². The lowest BCUT2D eigenvalue weighted by Crippen LogP contribution is -2.32. The van der Waals surface area contributed by atoms with Gasteiger partial charge < -0.3 is 5.32 Å². The molecule has 1 heterocycles. The molecule has 0 fully saturated rings. The SMILES string of the molecule is CC(c1ccc(F)cc1)N(C)CC(=O)Nc1cccc2nsnc12. The highest BCUT2D eigenvalue weighted by molar-refractivity contribution is 7.00. The normalized spacial score (nSPS) is 12.5. The summed E-state index contributed by atoms with van der Waals surface area (Å²) in [5, 5.41) is 2.88. The van der Waals surface area contributed by atoms with Crippen LogP contribution in [0.4, 0.5) is 10.1 Å². The molecule has 0 radical (unpaired) electrons. The first kappa shape index (κ1) is 16.5. The van der Waals surface area contributed by atoms with Crippen LogP contribution in [-0.2, 0) is 4.79 Å². The number of nitrogens with one attached hydrogen (secondary N) is 1. The van der Waals surface area contributed by atoms with Gasteiger partial charge in [-0.2, -0.15) is 8.75 Å². The van der Waals surface area contributed by atoms with Gasteiger partial charge in [0.15, 0.2) is 0 Å². The van der Waals surface area contributed by atoms with Crippen LogP contribution in [0.25, 0.3) is 11.0 Å². The summed E-state index contributed by atoms with van der Waals surface area (Å²) in [5.74, 6) is -0.400. The van der Waals surface area contributed by atoms with Gasteiger partial charge >= 0.3 is 0 Å². The Bertz CT molecular complexity index is 849. The molecule has 1 atom stereocenters. The lowest BCUT2D eigenvalue weighted by molar-refractivity contribution is -0.117. The highest BCUT2D eigenvalue weighted by atomic mass is 32.1. The van der Waals surface area contributed by atoms with Gasteiger partial charge in [0.2, 0.25) is 5.91 Å². The van der Waals surface area contributed by atoms with Crippen molar-refractivity contribution in [2.75, 3.05) is 18.9 Å². The predicted octanol–water partition coefficient (Wildman–Crippen LogP) is 3.46. The number of fused-ring (bicyclic) bond motifs is 1. The van der Waals surface area contributed by atoms with E-state index in [-0.39, 0.29) is 24.3 Å². The van der Waals surface area contributed by atoms with Gasteiger partial charge in [-0.1, -0.05) is 18.2 Å². The number of rotatable bonds is 5. The summed E-state index contributed by atoms with van der Waals surface area (Å²) in [5.41, 5.74) is 3.09. The average molecular weight is 344 g/mol. The Labute approximate surface area is 143 Å². The van der Waals surface area contributed by atoms with E-state index in [1.165, 1.54) is 12.1 Å². The molecule has 1 N–H and O–H groups in total. The molecule has 0 saturated heterocycles. The van der Waals surface area contributed by atoms with E-state index >= 15 is 0 Å². The highest BCUT2D eigenvalue weighted by Crippen LogP contribution is 2.22. The maximum absolute atomic E-state index is 13.0. The van der Waals surface area contributed by atoms with E-state index in [2.05, 4.69) is 14.1 Å². The molecule has 3 rings (SSSR count). The van der Waals surface area contributed by atoms with Crippen molar-refractivity contribution >= 4 is 34.4 Å². The summed E-state index contributed by atoms with van der Waals surface area (Å²) >= 11 is 1.12. The van der Waals surface area contributed by atoms with Gasteiger partial charge in [-0.3, -0.25) is 9.69 Å². The third kappa shape index (κ3) is 3.58. The third-order valence-electron chi connectivity index (χ3n) is 3.97. The minimum Gasteiger partial charge on any atom is -0.323 e. The van der Waals surface area contributed by atoms with Crippen LogP contribution in [0, 0.1) is 5.82 Å². The van der Waals surface area contributed by atoms with Gasteiger partial charge in [0.05, 0.1) is 24.0 Å². The summed E-state index contributed by atoms with van der Waals surface area (Å²) in [7, 11) is 1.86. The number of carbonyl (C=O) groups is 1. The fourth-order valence-electron chi connectivity index (χ4n) is 2.46. The second-order valence-corrected chi connectivity index (χ2v) is 6.16. The van der Waals surface area contributed by atoms with Gasteiger partial charge in [-0.05, 0) is 43.8 Å². The Morgan fingerprint density at radius 1 is 1.25 bits per heavy atom. The second-order valence-electron chi connectivity index (χ2n) is 5.63. The number of halogens is 1. The molecular weight excluding hydrogens is 327 g/mol. The first-order valence-corrected chi connectivity index (χ1v) is 8.24. The number of benzene rings is 2. The molecule has 5 nitrogen and oxygen atoms in total. The van der Waals surface area contributed by atoms with Crippen molar-refractivity contribution in [2.45, 2.75) is 13.0 Å². The van der Waals surface area contributed by atoms with Crippen molar-refractivity contribution in [1.29, 1.82) is 0 Å². The number of nitrogens with zero attached hydrogens (tertiary/aromatic N) is 3. The smallest absolute Gasteiger partial charge is 0.238 e. The van der Waals surface area contributed by atoms with Gasteiger partial charge in [0, 0.05) is 6.04 Å². The van der Waals surface area contributed by atoms with Gasteiger partial charge in [0.1, 0.15) is 16.9 Å². The number of amides is 1. The molecule has 0 aliphatic rings. The summed E-state index contributed by atoms with van der Waals surface area (Å²) in [4.78, 5) is 14.2. The molecule has 1 unspecified atom stereocenters. The maximum Gasteiger partial charge on any atom is 0.238 e. The van der Waals surface area contributed by atoms with E-state index in [0.29, 0.717) is 11.2 Å². The molecule has 1 amide bonds. The fourth-order valence-corrected chi connectivity index (χ4v) is 3.01. The average Bonchev–Trinajstić information content (AvgIpc) is 3.04. The Balaban J connectivity index is 1.65. The van der Waals surface area contributed by atoms with Crippen molar-refractivity contribution in [3.63, 3.8) is 0 Å². The second kappa shape index (κ2) is 7.02. The van der Waals surface area contributed by atoms with Gasteiger partial charge in [-0.15, -0.1) is 0 Å². The van der Waals surface area contributed by atoms with Crippen LogP contribution < -0.4 is 5.32 Å².